The lowest BCUT2D eigenvalue weighted by Crippen LogP contribution is -2.28. The van der Waals surface area contributed by atoms with Gasteiger partial charge in [-0.25, -0.2) is 9.97 Å². The molecule has 5 nitrogen and oxygen atoms in total. The maximum Gasteiger partial charge on any atom is 0.135 e. The van der Waals surface area contributed by atoms with Crippen LogP contribution in [-0.2, 0) is 0 Å². The maximum absolute atomic E-state index is 9.56. The van der Waals surface area contributed by atoms with Gasteiger partial charge in [-0.2, -0.15) is 0 Å². The summed E-state index contributed by atoms with van der Waals surface area (Å²) in [6.45, 7) is 7.12. The molecular weight excluding hydrogens is 252 g/mol. The van der Waals surface area contributed by atoms with Crippen LogP contribution in [0.25, 0.3) is 0 Å². The zero-order chi connectivity index (χ0) is 14.5. The van der Waals surface area contributed by atoms with Crippen molar-refractivity contribution in [3.05, 3.63) is 11.9 Å². The summed E-state index contributed by atoms with van der Waals surface area (Å²) >= 11 is 0. The molecule has 1 aliphatic carbocycles. The van der Waals surface area contributed by atoms with Gasteiger partial charge in [-0.1, -0.05) is 13.8 Å². The summed E-state index contributed by atoms with van der Waals surface area (Å²) in [6, 6.07) is 2.38. The van der Waals surface area contributed by atoms with Crippen LogP contribution in [0.3, 0.4) is 0 Å². The Morgan fingerprint density at radius 1 is 1.20 bits per heavy atom. The molecule has 5 heteroatoms. The van der Waals surface area contributed by atoms with Crippen molar-refractivity contribution in [2.75, 3.05) is 17.2 Å². The fourth-order valence-corrected chi connectivity index (χ4v) is 2.50. The zero-order valence-corrected chi connectivity index (χ0v) is 12.7. The first kappa shape index (κ1) is 15.0. The SMILES string of the molecule is CCNc1cc(NC2CCC(O)CC2)nc(C(C)C)n1. The summed E-state index contributed by atoms with van der Waals surface area (Å²) in [6.07, 6.45) is 3.62. The molecule has 2 rings (SSSR count). The van der Waals surface area contributed by atoms with Gasteiger partial charge >= 0.3 is 0 Å². The molecule has 1 aliphatic rings. The van der Waals surface area contributed by atoms with Crippen LogP contribution in [-0.4, -0.2) is 33.8 Å². The second-order valence-corrected chi connectivity index (χ2v) is 5.83. The molecule has 1 heterocycles. The van der Waals surface area contributed by atoms with Crippen LogP contribution in [0.5, 0.6) is 0 Å². The fraction of sp³-hybridized carbons (Fsp3) is 0.733. The lowest BCUT2D eigenvalue weighted by molar-refractivity contribution is 0.126. The first-order valence-electron chi connectivity index (χ1n) is 7.66. The second-order valence-electron chi connectivity index (χ2n) is 5.83. The van der Waals surface area contributed by atoms with Gasteiger partial charge in [0.25, 0.3) is 0 Å². The van der Waals surface area contributed by atoms with Crippen molar-refractivity contribution in [2.45, 2.75) is 64.5 Å². The molecule has 1 fully saturated rings. The first-order chi connectivity index (χ1) is 9.58. The highest BCUT2D eigenvalue weighted by molar-refractivity contribution is 5.48. The van der Waals surface area contributed by atoms with Crippen LogP contribution in [0.1, 0.15) is 58.2 Å². The third-order valence-electron chi connectivity index (χ3n) is 3.67. The Hall–Kier alpha value is -1.36. The minimum atomic E-state index is -0.123. The van der Waals surface area contributed by atoms with E-state index in [2.05, 4.69) is 41.4 Å². The van der Waals surface area contributed by atoms with Crippen molar-refractivity contribution in [1.29, 1.82) is 0 Å². The molecule has 112 valence electrons. The summed E-state index contributed by atoms with van der Waals surface area (Å²) in [7, 11) is 0. The Bertz CT molecular complexity index is 428. The predicted octanol–water partition coefficient (Wildman–Crippen LogP) is 2.75. The van der Waals surface area contributed by atoms with Gasteiger partial charge in [-0.15, -0.1) is 0 Å². The number of rotatable bonds is 5. The summed E-state index contributed by atoms with van der Waals surface area (Å²) in [5, 5.41) is 16.3. The number of aliphatic hydroxyl groups excluding tert-OH is 1. The summed E-state index contributed by atoms with van der Waals surface area (Å²) in [5.41, 5.74) is 0. The van der Waals surface area contributed by atoms with Crippen LogP contribution in [0.2, 0.25) is 0 Å². The lowest BCUT2D eigenvalue weighted by atomic mass is 9.93. The maximum atomic E-state index is 9.56. The largest absolute Gasteiger partial charge is 0.393 e. The highest BCUT2D eigenvalue weighted by atomic mass is 16.3. The van der Waals surface area contributed by atoms with E-state index in [0.717, 1.165) is 49.7 Å². The van der Waals surface area contributed by atoms with Crippen molar-refractivity contribution in [1.82, 2.24) is 9.97 Å². The van der Waals surface area contributed by atoms with Gasteiger partial charge in [-0.3, -0.25) is 0 Å². The lowest BCUT2D eigenvalue weighted by Gasteiger charge is -2.27. The number of hydrogen-bond donors (Lipinski definition) is 3. The number of nitrogens with one attached hydrogen (secondary N) is 2. The molecule has 0 bridgehead atoms. The molecule has 0 unspecified atom stereocenters. The van der Waals surface area contributed by atoms with E-state index in [1.807, 2.05) is 6.07 Å². The van der Waals surface area contributed by atoms with Gasteiger partial charge in [0.2, 0.25) is 0 Å². The van der Waals surface area contributed by atoms with E-state index in [-0.39, 0.29) is 6.10 Å². The molecule has 0 saturated heterocycles. The highest BCUT2D eigenvalue weighted by Gasteiger charge is 2.20. The fourth-order valence-electron chi connectivity index (χ4n) is 2.50. The monoisotopic (exact) mass is 278 g/mol. The summed E-state index contributed by atoms with van der Waals surface area (Å²) < 4.78 is 0. The number of aliphatic hydroxyl groups is 1. The minimum Gasteiger partial charge on any atom is -0.393 e. The molecule has 20 heavy (non-hydrogen) atoms. The second kappa shape index (κ2) is 6.88. The standard InChI is InChI=1S/C15H26N4O/c1-4-16-13-9-14(19-15(18-13)10(2)3)17-11-5-7-12(20)8-6-11/h9-12,20H,4-8H2,1-3H3,(H2,16,17,18,19). The topological polar surface area (TPSA) is 70.1 Å². The van der Waals surface area contributed by atoms with Crippen LogP contribution in [0, 0.1) is 0 Å². The Morgan fingerprint density at radius 3 is 2.45 bits per heavy atom. The third-order valence-corrected chi connectivity index (χ3v) is 3.67. The van der Waals surface area contributed by atoms with Gasteiger partial charge in [-0.05, 0) is 32.6 Å². The Morgan fingerprint density at radius 2 is 1.85 bits per heavy atom. The highest BCUT2D eigenvalue weighted by Crippen LogP contribution is 2.23. The molecule has 0 aromatic carbocycles. The number of aromatic nitrogens is 2. The molecule has 0 radical (unpaired) electrons. The van der Waals surface area contributed by atoms with Crippen molar-refractivity contribution in [3.63, 3.8) is 0 Å². The number of hydrogen-bond acceptors (Lipinski definition) is 5. The van der Waals surface area contributed by atoms with Crippen molar-refractivity contribution in [2.24, 2.45) is 0 Å². The molecule has 1 saturated carbocycles. The van der Waals surface area contributed by atoms with E-state index in [4.69, 9.17) is 0 Å². The van der Waals surface area contributed by atoms with Gasteiger partial charge in [0.05, 0.1) is 6.10 Å². The summed E-state index contributed by atoms with van der Waals surface area (Å²) in [5.74, 6) is 2.94. The molecule has 1 aromatic rings. The van der Waals surface area contributed by atoms with Crippen LogP contribution >= 0.6 is 0 Å². The van der Waals surface area contributed by atoms with Crippen molar-refractivity contribution >= 4 is 11.6 Å². The molecule has 0 amide bonds. The Kier molecular flexibility index (Phi) is 5.17. The predicted molar refractivity (Wildman–Crippen MR) is 82.2 cm³/mol. The van der Waals surface area contributed by atoms with E-state index in [1.165, 1.54) is 0 Å². The average Bonchev–Trinajstić information content (AvgIpc) is 2.41. The number of anilines is 2. The molecule has 0 atom stereocenters. The Labute approximate surface area is 121 Å². The van der Waals surface area contributed by atoms with Gasteiger partial charge in [0.15, 0.2) is 0 Å². The van der Waals surface area contributed by atoms with E-state index < -0.39 is 0 Å². The third kappa shape index (κ3) is 4.07. The molecule has 0 spiro atoms. The molecule has 3 N–H and O–H groups in total. The first-order valence-corrected chi connectivity index (χ1v) is 7.66. The van der Waals surface area contributed by atoms with E-state index in [1.54, 1.807) is 0 Å². The summed E-state index contributed by atoms with van der Waals surface area (Å²) in [4.78, 5) is 9.13. The molecular formula is C15H26N4O. The Balaban J connectivity index is 2.09. The van der Waals surface area contributed by atoms with Crippen LogP contribution in [0.15, 0.2) is 6.07 Å². The van der Waals surface area contributed by atoms with E-state index in [0.29, 0.717) is 12.0 Å². The smallest absolute Gasteiger partial charge is 0.135 e. The normalized spacial score (nSPS) is 22.9. The number of nitrogens with zero attached hydrogens (tertiary/aromatic N) is 2. The zero-order valence-electron chi connectivity index (χ0n) is 12.7. The molecule has 1 aromatic heterocycles. The van der Waals surface area contributed by atoms with Crippen molar-refractivity contribution < 1.29 is 5.11 Å². The van der Waals surface area contributed by atoms with Gasteiger partial charge in [0, 0.05) is 24.6 Å². The minimum absolute atomic E-state index is 0.123. The molecule has 0 aliphatic heterocycles. The van der Waals surface area contributed by atoms with Gasteiger partial charge in [0.1, 0.15) is 17.5 Å². The van der Waals surface area contributed by atoms with Crippen LogP contribution < -0.4 is 10.6 Å². The van der Waals surface area contributed by atoms with Crippen LogP contribution in [0.4, 0.5) is 11.6 Å². The van der Waals surface area contributed by atoms with E-state index >= 15 is 0 Å². The quantitative estimate of drug-likeness (QED) is 0.772. The average molecular weight is 278 g/mol. The van der Waals surface area contributed by atoms with Crippen molar-refractivity contribution in [3.8, 4) is 0 Å². The van der Waals surface area contributed by atoms with E-state index in [9.17, 15) is 5.11 Å². The van der Waals surface area contributed by atoms with Gasteiger partial charge < -0.3 is 15.7 Å².